The first-order chi connectivity index (χ1) is 4.70. The van der Waals surface area contributed by atoms with Crippen molar-refractivity contribution in [3.8, 4) is 0 Å². The SMILES string of the molecule is C[C-]1CCN(C(C)C)CC1.[Re]. The van der Waals surface area contributed by atoms with Gasteiger partial charge in [0.05, 0.1) is 0 Å². The molecular formula is C9H18NRe-. The number of nitrogens with zero attached hydrogens (tertiary/aromatic N) is 1. The molecule has 0 unspecified atom stereocenters. The molecule has 0 saturated carbocycles. The Kier molecular flexibility index (Phi) is 5.60. The van der Waals surface area contributed by atoms with Crippen LogP contribution in [0.3, 0.4) is 0 Å². The molecular weight excluding hydrogens is 308 g/mol. The average molecular weight is 326 g/mol. The molecule has 0 atom stereocenters. The molecule has 1 aliphatic heterocycles. The van der Waals surface area contributed by atoms with Crippen molar-refractivity contribution in [1.82, 2.24) is 4.90 Å². The van der Waals surface area contributed by atoms with Gasteiger partial charge in [-0.15, -0.1) is 0 Å². The Bertz CT molecular complexity index is 95.7. The normalized spacial score (nSPS) is 21.8. The summed E-state index contributed by atoms with van der Waals surface area (Å²) < 4.78 is 0. The van der Waals surface area contributed by atoms with E-state index in [1.165, 1.54) is 25.9 Å². The number of hydrogen-bond acceptors (Lipinski definition) is 1. The fraction of sp³-hybridized carbons (Fsp3) is 0.889. The van der Waals surface area contributed by atoms with E-state index < -0.39 is 0 Å². The van der Waals surface area contributed by atoms with Crippen molar-refractivity contribution in [3.05, 3.63) is 5.92 Å². The van der Waals surface area contributed by atoms with Gasteiger partial charge in [0.15, 0.2) is 0 Å². The first-order valence-corrected chi connectivity index (χ1v) is 4.25. The number of piperidine rings is 1. The molecule has 2 heteroatoms. The van der Waals surface area contributed by atoms with Crippen LogP contribution in [-0.2, 0) is 20.4 Å². The summed E-state index contributed by atoms with van der Waals surface area (Å²) >= 11 is 0. The van der Waals surface area contributed by atoms with Gasteiger partial charge in [-0.1, -0.05) is 0 Å². The van der Waals surface area contributed by atoms with Crippen molar-refractivity contribution in [2.75, 3.05) is 13.1 Å². The third-order valence-corrected chi connectivity index (χ3v) is 2.38. The summed E-state index contributed by atoms with van der Waals surface area (Å²) in [4.78, 5) is 2.55. The molecule has 1 nitrogen and oxygen atoms in total. The average Bonchev–Trinajstić information content (AvgIpc) is 1.88. The number of rotatable bonds is 1. The van der Waals surface area contributed by atoms with Gasteiger partial charge in [0.2, 0.25) is 0 Å². The second-order valence-corrected chi connectivity index (χ2v) is 3.59. The van der Waals surface area contributed by atoms with Crippen LogP contribution in [0, 0.1) is 5.92 Å². The third-order valence-electron chi connectivity index (χ3n) is 2.38. The summed E-state index contributed by atoms with van der Waals surface area (Å²) in [6, 6.07) is 0.744. The van der Waals surface area contributed by atoms with E-state index in [1.54, 1.807) is 5.92 Å². The van der Waals surface area contributed by atoms with E-state index in [0.717, 1.165) is 6.04 Å². The molecule has 67 valence electrons. The molecule has 1 heterocycles. The zero-order chi connectivity index (χ0) is 7.56. The summed E-state index contributed by atoms with van der Waals surface area (Å²) in [5, 5.41) is 0. The van der Waals surface area contributed by atoms with Gasteiger partial charge >= 0.3 is 0 Å². The Morgan fingerprint density at radius 3 is 2.00 bits per heavy atom. The van der Waals surface area contributed by atoms with Gasteiger partial charge in [0.1, 0.15) is 0 Å². The largest absolute Gasteiger partial charge is 0.314 e. The van der Waals surface area contributed by atoms with Gasteiger partial charge in [-0.05, 0) is 26.9 Å². The topological polar surface area (TPSA) is 3.24 Å². The van der Waals surface area contributed by atoms with E-state index in [9.17, 15) is 0 Å². The summed E-state index contributed by atoms with van der Waals surface area (Å²) in [5.41, 5.74) is 0. The van der Waals surface area contributed by atoms with Crippen molar-refractivity contribution in [1.29, 1.82) is 0 Å². The molecule has 0 spiro atoms. The molecule has 0 aliphatic carbocycles. The maximum Gasteiger partial charge on any atom is 0.00364 e. The minimum Gasteiger partial charge on any atom is -0.314 e. The minimum absolute atomic E-state index is 0. The Balaban J connectivity index is 0.000001000. The summed E-state index contributed by atoms with van der Waals surface area (Å²) in [5.74, 6) is 1.68. The summed E-state index contributed by atoms with van der Waals surface area (Å²) in [7, 11) is 0. The second kappa shape index (κ2) is 5.30. The van der Waals surface area contributed by atoms with Crippen LogP contribution in [0.15, 0.2) is 0 Å². The van der Waals surface area contributed by atoms with Gasteiger partial charge in [0.25, 0.3) is 0 Å². The Labute approximate surface area is 84.2 Å². The van der Waals surface area contributed by atoms with Crippen LogP contribution in [0.25, 0.3) is 0 Å². The van der Waals surface area contributed by atoms with Crippen LogP contribution in [0.4, 0.5) is 0 Å². The molecule has 0 N–H and O–H groups in total. The van der Waals surface area contributed by atoms with Crippen molar-refractivity contribution in [3.63, 3.8) is 0 Å². The van der Waals surface area contributed by atoms with Crippen LogP contribution in [0.5, 0.6) is 0 Å². The molecule has 1 rings (SSSR count). The number of likely N-dealkylation sites (tertiary alicyclic amines) is 1. The Morgan fingerprint density at radius 1 is 1.18 bits per heavy atom. The van der Waals surface area contributed by atoms with Gasteiger partial charge in [-0.25, -0.2) is 0 Å². The molecule has 1 aliphatic rings. The zero-order valence-electron chi connectivity index (χ0n) is 7.73. The van der Waals surface area contributed by atoms with E-state index in [4.69, 9.17) is 0 Å². The van der Waals surface area contributed by atoms with Gasteiger partial charge < -0.3 is 10.8 Å². The fourth-order valence-electron chi connectivity index (χ4n) is 1.42. The van der Waals surface area contributed by atoms with Gasteiger partial charge in [-0.2, -0.15) is 19.8 Å². The quantitative estimate of drug-likeness (QED) is 0.667. The first kappa shape index (κ1) is 11.6. The minimum atomic E-state index is 0. The van der Waals surface area contributed by atoms with Crippen LogP contribution >= 0.6 is 0 Å². The van der Waals surface area contributed by atoms with Crippen LogP contribution in [0.1, 0.15) is 33.6 Å². The van der Waals surface area contributed by atoms with E-state index >= 15 is 0 Å². The second-order valence-electron chi connectivity index (χ2n) is 3.59. The fourth-order valence-corrected chi connectivity index (χ4v) is 1.42. The smallest absolute Gasteiger partial charge is 0.00364 e. The monoisotopic (exact) mass is 327 g/mol. The predicted molar refractivity (Wildman–Crippen MR) is 44.9 cm³/mol. The molecule has 0 aromatic rings. The molecule has 1 saturated heterocycles. The van der Waals surface area contributed by atoms with Crippen LogP contribution < -0.4 is 0 Å². The van der Waals surface area contributed by atoms with Crippen molar-refractivity contribution in [2.24, 2.45) is 0 Å². The van der Waals surface area contributed by atoms with Crippen molar-refractivity contribution in [2.45, 2.75) is 39.7 Å². The van der Waals surface area contributed by atoms with E-state index in [1.807, 2.05) is 0 Å². The van der Waals surface area contributed by atoms with Gasteiger partial charge in [-0.3, -0.25) is 0 Å². The number of hydrogen-bond donors (Lipinski definition) is 0. The molecule has 0 amide bonds. The first-order valence-electron chi connectivity index (χ1n) is 4.25. The van der Waals surface area contributed by atoms with Crippen molar-refractivity contribution < 1.29 is 20.4 Å². The molecule has 11 heavy (non-hydrogen) atoms. The summed E-state index contributed by atoms with van der Waals surface area (Å²) in [6.45, 7) is 9.39. The third kappa shape index (κ3) is 3.69. The zero-order valence-corrected chi connectivity index (χ0v) is 10.4. The molecule has 0 bridgehead atoms. The van der Waals surface area contributed by atoms with Crippen LogP contribution in [0.2, 0.25) is 0 Å². The summed E-state index contributed by atoms with van der Waals surface area (Å²) in [6.07, 6.45) is 2.64. The maximum atomic E-state index is 2.55. The van der Waals surface area contributed by atoms with Gasteiger partial charge in [0, 0.05) is 26.5 Å². The standard InChI is InChI=1S/C9H18N.Re/c1-8(2)10-6-4-9(3)5-7-10;/h8H,4-7H2,1-3H3;/q-1;. The molecule has 0 aromatic carbocycles. The van der Waals surface area contributed by atoms with E-state index in [0.29, 0.717) is 0 Å². The predicted octanol–water partition coefficient (Wildman–Crippen LogP) is 2.08. The Morgan fingerprint density at radius 2 is 1.64 bits per heavy atom. The molecule has 1 radical (unpaired) electrons. The van der Waals surface area contributed by atoms with E-state index in [2.05, 4.69) is 25.7 Å². The molecule has 0 aromatic heterocycles. The van der Waals surface area contributed by atoms with Crippen molar-refractivity contribution >= 4 is 0 Å². The Hall–Kier alpha value is 0.622. The van der Waals surface area contributed by atoms with Crippen LogP contribution in [-0.4, -0.2) is 24.0 Å². The molecule has 1 fully saturated rings. The maximum absolute atomic E-state index is 2.55. The van der Waals surface area contributed by atoms with E-state index in [-0.39, 0.29) is 20.4 Å².